The number of nitrogens with zero attached hydrogens (tertiary/aromatic N) is 3. The number of amides is 1. The van der Waals surface area contributed by atoms with Gasteiger partial charge in [0, 0.05) is 12.0 Å². The van der Waals surface area contributed by atoms with Gasteiger partial charge in [0.05, 0.1) is 22.8 Å². The van der Waals surface area contributed by atoms with Gasteiger partial charge in [0.2, 0.25) is 0 Å². The van der Waals surface area contributed by atoms with Gasteiger partial charge in [0.25, 0.3) is 5.91 Å². The SMILES string of the molecule is CC(C)(CNC(=O)c1cn(Cc2ccccc2)nn1)c1ccc(Cl)c(Cl)c1. The first kappa shape index (κ1) is 19.4. The van der Waals surface area contributed by atoms with E-state index in [0.29, 0.717) is 23.1 Å². The molecule has 1 amide bonds. The van der Waals surface area contributed by atoms with Gasteiger partial charge in [-0.05, 0) is 23.3 Å². The summed E-state index contributed by atoms with van der Waals surface area (Å²) in [5.74, 6) is -0.262. The number of aromatic nitrogens is 3. The minimum Gasteiger partial charge on any atom is -0.350 e. The van der Waals surface area contributed by atoms with Gasteiger partial charge in [-0.2, -0.15) is 0 Å². The van der Waals surface area contributed by atoms with Crippen LogP contribution in [0, 0.1) is 0 Å². The molecule has 0 radical (unpaired) electrons. The van der Waals surface area contributed by atoms with E-state index in [2.05, 4.69) is 15.6 Å². The summed E-state index contributed by atoms with van der Waals surface area (Å²) < 4.78 is 1.65. The van der Waals surface area contributed by atoms with Crippen molar-refractivity contribution in [2.75, 3.05) is 6.54 Å². The van der Waals surface area contributed by atoms with Gasteiger partial charge in [-0.1, -0.05) is 78.7 Å². The van der Waals surface area contributed by atoms with Gasteiger partial charge < -0.3 is 5.32 Å². The van der Waals surface area contributed by atoms with Crippen LogP contribution < -0.4 is 5.32 Å². The smallest absolute Gasteiger partial charge is 0.273 e. The molecule has 0 saturated heterocycles. The molecule has 0 spiro atoms. The summed E-state index contributed by atoms with van der Waals surface area (Å²) >= 11 is 12.1. The van der Waals surface area contributed by atoms with Crippen LogP contribution in [0.5, 0.6) is 0 Å². The summed E-state index contributed by atoms with van der Waals surface area (Å²) in [5.41, 5.74) is 2.06. The summed E-state index contributed by atoms with van der Waals surface area (Å²) in [4.78, 5) is 12.4. The summed E-state index contributed by atoms with van der Waals surface area (Å²) in [7, 11) is 0. The second-order valence-electron chi connectivity index (χ2n) is 6.98. The lowest BCUT2D eigenvalue weighted by Gasteiger charge is -2.25. The predicted octanol–water partition coefficient (Wildman–Crippen LogP) is 4.34. The average molecular weight is 403 g/mol. The van der Waals surface area contributed by atoms with Crippen LogP contribution in [0.15, 0.2) is 54.7 Å². The van der Waals surface area contributed by atoms with Crippen molar-refractivity contribution in [3.8, 4) is 0 Å². The maximum Gasteiger partial charge on any atom is 0.273 e. The van der Waals surface area contributed by atoms with E-state index in [1.807, 2.05) is 56.3 Å². The molecule has 140 valence electrons. The van der Waals surface area contributed by atoms with Crippen LogP contribution >= 0.6 is 23.2 Å². The second-order valence-corrected chi connectivity index (χ2v) is 7.80. The number of hydrogen-bond donors (Lipinski definition) is 1. The van der Waals surface area contributed by atoms with Gasteiger partial charge in [-0.25, -0.2) is 4.68 Å². The maximum atomic E-state index is 12.4. The number of rotatable bonds is 6. The fourth-order valence-electron chi connectivity index (χ4n) is 2.66. The monoisotopic (exact) mass is 402 g/mol. The highest BCUT2D eigenvalue weighted by molar-refractivity contribution is 6.42. The molecular formula is C20H20Cl2N4O. The van der Waals surface area contributed by atoms with Crippen molar-refractivity contribution in [3.63, 3.8) is 0 Å². The Bertz CT molecular complexity index is 938. The van der Waals surface area contributed by atoms with Crippen molar-refractivity contribution in [1.82, 2.24) is 20.3 Å². The molecule has 0 aliphatic carbocycles. The number of benzene rings is 2. The molecular weight excluding hydrogens is 383 g/mol. The summed E-state index contributed by atoms with van der Waals surface area (Å²) in [6.45, 7) is 5.05. The molecule has 0 saturated carbocycles. The quantitative estimate of drug-likeness (QED) is 0.666. The van der Waals surface area contributed by atoms with E-state index in [4.69, 9.17) is 23.2 Å². The topological polar surface area (TPSA) is 59.8 Å². The third-order valence-electron chi connectivity index (χ3n) is 4.35. The average Bonchev–Trinajstić information content (AvgIpc) is 3.11. The highest BCUT2D eigenvalue weighted by Gasteiger charge is 2.23. The van der Waals surface area contributed by atoms with Crippen LogP contribution in [0.25, 0.3) is 0 Å². The van der Waals surface area contributed by atoms with Crippen LogP contribution in [0.3, 0.4) is 0 Å². The molecule has 5 nitrogen and oxygen atoms in total. The van der Waals surface area contributed by atoms with Crippen molar-refractivity contribution < 1.29 is 4.79 Å². The fourth-order valence-corrected chi connectivity index (χ4v) is 2.96. The molecule has 3 aromatic rings. The molecule has 1 heterocycles. The minimum atomic E-state index is -0.316. The third-order valence-corrected chi connectivity index (χ3v) is 5.09. The molecule has 1 aromatic heterocycles. The van der Waals surface area contributed by atoms with E-state index >= 15 is 0 Å². The second kappa shape index (κ2) is 8.11. The molecule has 2 aromatic carbocycles. The first-order valence-electron chi connectivity index (χ1n) is 8.53. The summed E-state index contributed by atoms with van der Waals surface area (Å²) in [6, 6.07) is 15.4. The standard InChI is InChI=1S/C20H20Cl2N4O/c1-20(2,15-8-9-16(21)17(22)10-15)13-23-19(27)18-12-26(25-24-18)11-14-6-4-3-5-7-14/h3-10,12H,11,13H2,1-2H3,(H,23,27). The van der Waals surface area contributed by atoms with E-state index in [1.54, 1.807) is 16.9 Å². The van der Waals surface area contributed by atoms with E-state index in [9.17, 15) is 4.79 Å². The molecule has 0 fully saturated rings. The Kier molecular flexibility index (Phi) is 5.82. The largest absolute Gasteiger partial charge is 0.350 e. The van der Waals surface area contributed by atoms with E-state index < -0.39 is 0 Å². The lowest BCUT2D eigenvalue weighted by atomic mass is 9.84. The molecule has 1 N–H and O–H groups in total. The summed E-state index contributed by atoms with van der Waals surface area (Å²) in [5, 5.41) is 11.9. The summed E-state index contributed by atoms with van der Waals surface area (Å²) in [6.07, 6.45) is 1.65. The van der Waals surface area contributed by atoms with Crippen LogP contribution in [-0.2, 0) is 12.0 Å². The van der Waals surface area contributed by atoms with E-state index in [-0.39, 0.29) is 17.0 Å². The maximum absolute atomic E-state index is 12.4. The first-order chi connectivity index (χ1) is 12.8. The minimum absolute atomic E-state index is 0.262. The first-order valence-corrected chi connectivity index (χ1v) is 9.28. The fraction of sp³-hybridized carbons (Fsp3) is 0.250. The lowest BCUT2D eigenvalue weighted by molar-refractivity contribution is 0.0940. The predicted molar refractivity (Wildman–Crippen MR) is 107 cm³/mol. The van der Waals surface area contributed by atoms with Crippen LogP contribution in [0.2, 0.25) is 10.0 Å². The number of hydrogen-bond acceptors (Lipinski definition) is 3. The van der Waals surface area contributed by atoms with Gasteiger partial charge in [-0.15, -0.1) is 5.10 Å². The Morgan fingerprint density at radius 1 is 1.11 bits per heavy atom. The molecule has 0 atom stereocenters. The molecule has 27 heavy (non-hydrogen) atoms. The van der Waals surface area contributed by atoms with Crippen molar-refractivity contribution in [2.24, 2.45) is 0 Å². The Morgan fingerprint density at radius 2 is 1.85 bits per heavy atom. The number of halogens is 2. The van der Waals surface area contributed by atoms with Crippen molar-refractivity contribution >= 4 is 29.1 Å². The van der Waals surface area contributed by atoms with E-state index in [1.165, 1.54) is 0 Å². The van der Waals surface area contributed by atoms with Gasteiger partial charge >= 0.3 is 0 Å². The lowest BCUT2D eigenvalue weighted by Crippen LogP contribution is -2.36. The van der Waals surface area contributed by atoms with Gasteiger partial charge in [0.1, 0.15) is 0 Å². The zero-order valence-corrected chi connectivity index (χ0v) is 16.6. The third kappa shape index (κ3) is 4.87. The van der Waals surface area contributed by atoms with Crippen molar-refractivity contribution in [1.29, 1.82) is 0 Å². The van der Waals surface area contributed by atoms with Crippen molar-refractivity contribution in [3.05, 3.63) is 81.6 Å². The van der Waals surface area contributed by atoms with E-state index in [0.717, 1.165) is 11.1 Å². The Balaban J connectivity index is 1.62. The number of nitrogens with one attached hydrogen (secondary N) is 1. The normalized spacial score (nSPS) is 11.4. The molecule has 0 aliphatic rings. The molecule has 0 aliphatic heterocycles. The molecule has 7 heteroatoms. The van der Waals surface area contributed by atoms with Crippen LogP contribution in [0.4, 0.5) is 0 Å². The molecule has 3 rings (SSSR count). The molecule has 0 unspecified atom stereocenters. The highest BCUT2D eigenvalue weighted by Crippen LogP contribution is 2.29. The molecule has 0 bridgehead atoms. The zero-order chi connectivity index (χ0) is 19.4. The van der Waals surface area contributed by atoms with Crippen LogP contribution in [0.1, 0.15) is 35.5 Å². The Morgan fingerprint density at radius 3 is 2.56 bits per heavy atom. The highest BCUT2D eigenvalue weighted by atomic mass is 35.5. The van der Waals surface area contributed by atoms with Gasteiger partial charge in [-0.3, -0.25) is 4.79 Å². The number of carbonyl (C=O) groups is 1. The zero-order valence-electron chi connectivity index (χ0n) is 15.1. The van der Waals surface area contributed by atoms with Gasteiger partial charge in [0.15, 0.2) is 5.69 Å². The Hall–Kier alpha value is -2.37. The number of carbonyl (C=O) groups excluding carboxylic acids is 1. The van der Waals surface area contributed by atoms with Crippen molar-refractivity contribution in [2.45, 2.75) is 25.8 Å². The Labute approximate surface area is 168 Å². The van der Waals surface area contributed by atoms with Crippen LogP contribution in [-0.4, -0.2) is 27.4 Å².